The van der Waals surface area contributed by atoms with E-state index in [1.165, 1.54) is 16.3 Å². The number of fused-ring (bicyclic) bond motifs is 10. The summed E-state index contributed by atoms with van der Waals surface area (Å²) in [6.07, 6.45) is 0. The molecule has 4 nitrogen and oxygen atoms in total. The van der Waals surface area contributed by atoms with E-state index in [0.29, 0.717) is 5.56 Å². The number of aromatic nitrogens is 2. The van der Waals surface area contributed by atoms with Gasteiger partial charge in [-0.25, -0.2) is 0 Å². The summed E-state index contributed by atoms with van der Waals surface area (Å²) in [7, 11) is 0. The van der Waals surface area contributed by atoms with E-state index in [0.717, 1.165) is 70.4 Å². The Hall–Kier alpha value is -6.22. The summed E-state index contributed by atoms with van der Waals surface area (Å²) < 4.78 is 11.4. The van der Waals surface area contributed by atoms with Gasteiger partial charge in [0.1, 0.15) is 11.2 Å². The standard InChI is InChI=1S/C43H25N3OS/c44-26-27-14-18-30(19-15-27)48-31-20-16-29(17-21-31)46-38-23-22-34-33-11-5-7-13-41(33)47-43(34)42(38)36-25-39-35(24-40(36)46)32-10-4-6-12-37(32)45(39)28-8-2-1-3-9-28/h1-25H. The lowest BCUT2D eigenvalue weighted by Crippen LogP contribution is -1.94. The average Bonchev–Trinajstić information content (AvgIpc) is 3.79. The summed E-state index contributed by atoms with van der Waals surface area (Å²) >= 11 is 1.69. The Morgan fingerprint density at radius 1 is 0.479 bits per heavy atom. The van der Waals surface area contributed by atoms with Crippen molar-refractivity contribution in [1.29, 1.82) is 5.26 Å². The first-order valence-electron chi connectivity index (χ1n) is 15.9. The third kappa shape index (κ3) is 3.97. The Morgan fingerprint density at radius 2 is 1.10 bits per heavy atom. The molecule has 5 heteroatoms. The van der Waals surface area contributed by atoms with Gasteiger partial charge in [0.05, 0.1) is 39.1 Å². The first-order valence-corrected chi connectivity index (χ1v) is 16.7. The minimum absolute atomic E-state index is 0.667. The van der Waals surface area contributed by atoms with E-state index in [2.05, 4.69) is 137 Å². The van der Waals surface area contributed by atoms with Gasteiger partial charge in [0.2, 0.25) is 0 Å². The first kappa shape index (κ1) is 26.9. The monoisotopic (exact) mass is 631 g/mol. The summed E-state index contributed by atoms with van der Waals surface area (Å²) in [4.78, 5) is 2.24. The molecular formula is C43H25N3OS. The van der Waals surface area contributed by atoms with E-state index >= 15 is 0 Å². The second-order valence-corrected chi connectivity index (χ2v) is 13.2. The van der Waals surface area contributed by atoms with Crippen molar-refractivity contribution in [3.63, 3.8) is 0 Å². The van der Waals surface area contributed by atoms with Gasteiger partial charge in [-0.1, -0.05) is 66.4 Å². The van der Waals surface area contributed by atoms with Gasteiger partial charge in [-0.2, -0.15) is 5.26 Å². The molecule has 0 aliphatic carbocycles. The summed E-state index contributed by atoms with van der Waals surface area (Å²) in [6, 6.07) is 55.4. The van der Waals surface area contributed by atoms with Crippen molar-refractivity contribution in [2.24, 2.45) is 0 Å². The maximum absolute atomic E-state index is 9.18. The topological polar surface area (TPSA) is 46.8 Å². The number of hydrogen-bond donors (Lipinski definition) is 0. The van der Waals surface area contributed by atoms with Crippen LogP contribution in [-0.2, 0) is 0 Å². The van der Waals surface area contributed by atoms with Crippen LogP contribution in [0.4, 0.5) is 0 Å². The average molecular weight is 632 g/mol. The van der Waals surface area contributed by atoms with Crippen LogP contribution in [-0.4, -0.2) is 9.13 Å². The van der Waals surface area contributed by atoms with E-state index in [-0.39, 0.29) is 0 Å². The molecule has 0 saturated heterocycles. The molecule has 0 saturated carbocycles. The van der Waals surface area contributed by atoms with Crippen molar-refractivity contribution in [1.82, 2.24) is 9.13 Å². The lowest BCUT2D eigenvalue weighted by molar-refractivity contribution is 0.673. The molecule has 0 radical (unpaired) electrons. The van der Waals surface area contributed by atoms with Gasteiger partial charge in [0.15, 0.2) is 0 Å². The molecule has 0 bridgehead atoms. The predicted octanol–water partition coefficient (Wildman–Crippen LogP) is 11.8. The molecule has 0 amide bonds. The Balaban J connectivity index is 1.26. The fourth-order valence-corrected chi connectivity index (χ4v) is 8.09. The molecule has 0 spiro atoms. The third-order valence-corrected chi connectivity index (χ3v) is 10.4. The molecule has 0 aliphatic rings. The largest absolute Gasteiger partial charge is 0.455 e. The second kappa shape index (κ2) is 10.4. The minimum Gasteiger partial charge on any atom is -0.455 e. The van der Waals surface area contributed by atoms with Crippen molar-refractivity contribution in [3.05, 3.63) is 157 Å². The molecule has 3 aromatic heterocycles. The van der Waals surface area contributed by atoms with E-state index in [1.54, 1.807) is 11.8 Å². The van der Waals surface area contributed by atoms with Gasteiger partial charge < -0.3 is 13.6 Å². The van der Waals surface area contributed by atoms with Crippen LogP contribution >= 0.6 is 11.8 Å². The highest BCUT2D eigenvalue weighted by Crippen LogP contribution is 2.44. The summed E-state index contributed by atoms with van der Waals surface area (Å²) in [5, 5.41) is 16.1. The van der Waals surface area contributed by atoms with Crippen molar-refractivity contribution in [2.45, 2.75) is 9.79 Å². The van der Waals surface area contributed by atoms with Gasteiger partial charge >= 0.3 is 0 Å². The van der Waals surface area contributed by atoms with E-state index in [9.17, 15) is 5.26 Å². The summed E-state index contributed by atoms with van der Waals surface area (Å²) in [6.45, 7) is 0. The molecule has 0 N–H and O–H groups in total. The van der Waals surface area contributed by atoms with Crippen LogP contribution in [0.1, 0.15) is 5.56 Å². The summed E-state index contributed by atoms with van der Waals surface area (Å²) in [5.74, 6) is 0. The quantitative estimate of drug-likeness (QED) is 0.194. The molecular weight excluding hydrogens is 607 g/mol. The first-order chi connectivity index (χ1) is 23.7. The van der Waals surface area contributed by atoms with Gasteiger partial charge in [0.25, 0.3) is 0 Å². The van der Waals surface area contributed by atoms with Crippen LogP contribution in [0.15, 0.2) is 166 Å². The van der Waals surface area contributed by atoms with Crippen LogP contribution in [0.2, 0.25) is 0 Å². The number of para-hydroxylation sites is 3. The zero-order chi connectivity index (χ0) is 31.8. The third-order valence-electron chi connectivity index (χ3n) is 9.39. The molecule has 224 valence electrons. The maximum atomic E-state index is 9.18. The Labute approximate surface area is 279 Å². The van der Waals surface area contributed by atoms with Crippen LogP contribution in [0.3, 0.4) is 0 Å². The molecule has 10 rings (SSSR count). The van der Waals surface area contributed by atoms with Crippen LogP contribution in [0, 0.1) is 11.3 Å². The van der Waals surface area contributed by atoms with Gasteiger partial charge in [-0.3, -0.25) is 0 Å². The van der Waals surface area contributed by atoms with Crippen molar-refractivity contribution >= 4 is 77.3 Å². The van der Waals surface area contributed by atoms with Gasteiger partial charge in [0, 0.05) is 48.1 Å². The van der Waals surface area contributed by atoms with Crippen LogP contribution in [0.5, 0.6) is 0 Å². The highest BCUT2D eigenvalue weighted by molar-refractivity contribution is 7.99. The Bertz CT molecular complexity index is 2910. The van der Waals surface area contributed by atoms with Crippen molar-refractivity contribution < 1.29 is 4.42 Å². The predicted molar refractivity (Wildman–Crippen MR) is 198 cm³/mol. The number of furan rings is 1. The molecule has 0 aliphatic heterocycles. The number of nitriles is 1. The minimum atomic E-state index is 0.667. The number of benzene rings is 7. The van der Waals surface area contributed by atoms with Crippen molar-refractivity contribution in [3.8, 4) is 17.4 Å². The van der Waals surface area contributed by atoms with Gasteiger partial charge in [-0.15, -0.1) is 0 Å². The smallest absolute Gasteiger partial charge is 0.145 e. The highest BCUT2D eigenvalue weighted by atomic mass is 32.2. The number of hydrogen-bond acceptors (Lipinski definition) is 3. The normalized spacial score (nSPS) is 11.8. The highest BCUT2D eigenvalue weighted by Gasteiger charge is 2.22. The fraction of sp³-hybridized carbons (Fsp3) is 0. The zero-order valence-corrected chi connectivity index (χ0v) is 26.4. The van der Waals surface area contributed by atoms with E-state index < -0.39 is 0 Å². The molecule has 0 unspecified atom stereocenters. The van der Waals surface area contributed by atoms with Crippen molar-refractivity contribution in [2.75, 3.05) is 0 Å². The Morgan fingerprint density at radius 3 is 1.90 bits per heavy atom. The number of nitrogens with zero attached hydrogens (tertiary/aromatic N) is 3. The lowest BCUT2D eigenvalue weighted by atomic mass is 10.1. The zero-order valence-electron chi connectivity index (χ0n) is 25.6. The molecule has 10 aromatic rings. The summed E-state index contributed by atoms with van der Waals surface area (Å²) in [5.41, 5.74) is 9.27. The van der Waals surface area contributed by atoms with Crippen LogP contribution < -0.4 is 0 Å². The van der Waals surface area contributed by atoms with E-state index in [4.69, 9.17) is 4.42 Å². The molecule has 3 heterocycles. The maximum Gasteiger partial charge on any atom is 0.145 e. The van der Waals surface area contributed by atoms with Crippen LogP contribution in [0.25, 0.3) is 76.9 Å². The van der Waals surface area contributed by atoms with E-state index in [1.807, 2.05) is 30.3 Å². The number of rotatable bonds is 4. The second-order valence-electron chi connectivity index (χ2n) is 12.1. The fourth-order valence-electron chi connectivity index (χ4n) is 7.27. The molecule has 48 heavy (non-hydrogen) atoms. The Kier molecular flexibility index (Phi) is 5.84. The van der Waals surface area contributed by atoms with Gasteiger partial charge in [-0.05, 0) is 97.1 Å². The molecule has 7 aromatic carbocycles. The molecule has 0 fully saturated rings. The lowest BCUT2D eigenvalue weighted by Gasteiger charge is -2.10. The SMILES string of the molecule is N#Cc1ccc(Sc2ccc(-n3c4cc5c6ccccc6n(-c6ccccc6)c5cc4c4c5oc6ccccc6c5ccc43)cc2)cc1. The molecule has 0 atom stereocenters.